The van der Waals surface area contributed by atoms with Gasteiger partial charge in [-0.15, -0.1) is 0 Å². The monoisotopic (exact) mass is 400 g/mol. The normalized spacial score (nSPS) is 11.7. The summed E-state index contributed by atoms with van der Waals surface area (Å²) in [6.07, 6.45) is 0.913. The van der Waals surface area contributed by atoms with Crippen molar-refractivity contribution in [2.75, 3.05) is 33.2 Å². The van der Waals surface area contributed by atoms with Gasteiger partial charge in [-0.1, -0.05) is 38.1 Å². The van der Waals surface area contributed by atoms with Crippen LogP contribution in [0.15, 0.2) is 42.5 Å². The number of anilines is 1. The summed E-state index contributed by atoms with van der Waals surface area (Å²) in [4.78, 5) is 12.4. The third-order valence-electron chi connectivity index (χ3n) is 4.86. The predicted octanol–water partition coefficient (Wildman–Crippen LogP) is 3.90. The van der Waals surface area contributed by atoms with Crippen molar-refractivity contribution in [2.24, 2.45) is 5.92 Å². The zero-order valence-corrected chi connectivity index (χ0v) is 18.0. The molecule has 0 heterocycles. The number of aryl methyl sites for hydroxylation is 1. The van der Waals surface area contributed by atoms with E-state index in [0.29, 0.717) is 42.6 Å². The molecule has 0 aliphatic carbocycles. The smallest absolute Gasteiger partial charge is 0.220 e. The van der Waals surface area contributed by atoms with Gasteiger partial charge in [-0.3, -0.25) is 4.79 Å². The molecule has 1 amide bonds. The lowest BCUT2D eigenvalue weighted by atomic mass is 10.0. The quantitative estimate of drug-likeness (QED) is 0.599. The predicted molar refractivity (Wildman–Crippen MR) is 116 cm³/mol. The van der Waals surface area contributed by atoms with E-state index in [1.54, 1.807) is 21.3 Å². The topological polar surface area (TPSA) is 68.8 Å². The van der Waals surface area contributed by atoms with E-state index in [0.717, 1.165) is 11.3 Å². The number of rotatable bonds is 11. The maximum absolute atomic E-state index is 12.4. The Balaban J connectivity index is 1.93. The number of benzene rings is 2. The van der Waals surface area contributed by atoms with Gasteiger partial charge in [-0.25, -0.2) is 0 Å². The van der Waals surface area contributed by atoms with Crippen molar-refractivity contribution in [3.05, 3.63) is 48.0 Å². The Morgan fingerprint density at radius 2 is 1.62 bits per heavy atom. The average molecular weight is 401 g/mol. The van der Waals surface area contributed by atoms with Crippen LogP contribution in [0.2, 0.25) is 0 Å². The first-order valence-electron chi connectivity index (χ1n) is 9.86. The van der Waals surface area contributed by atoms with E-state index in [2.05, 4.69) is 24.5 Å². The van der Waals surface area contributed by atoms with Gasteiger partial charge in [-0.2, -0.15) is 0 Å². The molecule has 0 fully saturated rings. The van der Waals surface area contributed by atoms with Gasteiger partial charge in [0.05, 0.1) is 21.3 Å². The second-order valence-electron chi connectivity index (χ2n) is 7.16. The van der Waals surface area contributed by atoms with Crippen LogP contribution in [0, 0.1) is 5.92 Å². The fourth-order valence-corrected chi connectivity index (χ4v) is 3.12. The summed E-state index contributed by atoms with van der Waals surface area (Å²) < 4.78 is 16.2. The van der Waals surface area contributed by atoms with E-state index >= 15 is 0 Å². The lowest BCUT2D eigenvalue weighted by Crippen LogP contribution is -2.39. The third kappa shape index (κ3) is 6.31. The Bertz CT molecular complexity index is 778. The fourth-order valence-electron chi connectivity index (χ4n) is 3.12. The SMILES string of the molecule is COc1ccc(CCC(=O)NCC(Nc2ccccc2)C(C)C)c(OC)c1OC. The van der Waals surface area contributed by atoms with E-state index < -0.39 is 0 Å². The van der Waals surface area contributed by atoms with Crippen LogP contribution in [-0.4, -0.2) is 39.8 Å². The molecule has 0 saturated heterocycles. The number of ether oxygens (including phenoxy) is 3. The summed E-state index contributed by atoms with van der Waals surface area (Å²) in [6, 6.07) is 13.9. The highest BCUT2D eigenvalue weighted by Crippen LogP contribution is 2.40. The first-order chi connectivity index (χ1) is 14.0. The number of para-hydroxylation sites is 1. The van der Waals surface area contributed by atoms with Gasteiger partial charge in [0, 0.05) is 24.7 Å². The Kier molecular flexibility index (Phi) is 8.65. The van der Waals surface area contributed by atoms with Gasteiger partial charge in [0.1, 0.15) is 0 Å². The fraction of sp³-hybridized carbons (Fsp3) is 0.435. The van der Waals surface area contributed by atoms with E-state index in [1.165, 1.54) is 0 Å². The maximum atomic E-state index is 12.4. The highest BCUT2D eigenvalue weighted by molar-refractivity contribution is 5.76. The Morgan fingerprint density at radius 1 is 0.931 bits per heavy atom. The van der Waals surface area contributed by atoms with Crippen LogP contribution in [0.3, 0.4) is 0 Å². The number of carbonyl (C=O) groups excluding carboxylic acids is 1. The van der Waals surface area contributed by atoms with Gasteiger partial charge in [0.2, 0.25) is 11.7 Å². The van der Waals surface area contributed by atoms with Gasteiger partial charge >= 0.3 is 0 Å². The summed E-state index contributed by atoms with van der Waals surface area (Å²) in [5.41, 5.74) is 1.96. The molecular formula is C23H32N2O4. The molecule has 158 valence electrons. The van der Waals surface area contributed by atoms with E-state index in [4.69, 9.17) is 14.2 Å². The van der Waals surface area contributed by atoms with Crippen molar-refractivity contribution in [3.8, 4) is 17.2 Å². The van der Waals surface area contributed by atoms with Crippen molar-refractivity contribution >= 4 is 11.6 Å². The van der Waals surface area contributed by atoms with Crippen LogP contribution in [0.1, 0.15) is 25.8 Å². The van der Waals surface area contributed by atoms with Crippen molar-refractivity contribution in [1.82, 2.24) is 5.32 Å². The zero-order chi connectivity index (χ0) is 21.2. The lowest BCUT2D eigenvalue weighted by molar-refractivity contribution is -0.121. The second kappa shape index (κ2) is 11.2. The minimum absolute atomic E-state index is 0.00218. The minimum atomic E-state index is 0.00218. The molecule has 29 heavy (non-hydrogen) atoms. The average Bonchev–Trinajstić information content (AvgIpc) is 2.74. The molecule has 2 aromatic carbocycles. The Labute approximate surface area is 173 Å². The molecule has 0 spiro atoms. The van der Waals surface area contributed by atoms with Gasteiger partial charge in [0.15, 0.2) is 11.5 Å². The lowest BCUT2D eigenvalue weighted by Gasteiger charge is -2.24. The van der Waals surface area contributed by atoms with Crippen molar-refractivity contribution in [2.45, 2.75) is 32.7 Å². The zero-order valence-electron chi connectivity index (χ0n) is 18.0. The Morgan fingerprint density at radius 3 is 2.21 bits per heavy atom. The van der Waals surface area contributed by atoms with Crippen LogP contribution < -0.4 is 24.8 Å². The van der Waals surface area contributed by atoms with E-state index in [1.807, 2.05) is 42.5 Å². The van der Waals surface area contributed by atoms with Gasteiger partial charge < -0.3 is 24.8 Å². The Hall–Kier alpha value is -2.89. The molecule has 1 unspecified atom stereocenters. The van der Waals surface area contributed by atoms with Crippen molar-refractivity contribution in [1.29, 1.82) is 0 Å². The summed E-state index contributed by atoms with van der Waals surface area (Å²) in [5, 5.41) is 6.53. The highest BCUT2D eigenvalue weighted by Gasteiger charge is 2.18. The largest absolute Gasteiger partial charge is 0.493 e. The maximum Gasteiger partial charge on any atom is 0.220 e. The van der Waals surface area contributed by atoms with Crippen LogP contribution in [0.5, 0.6) is 17.2 Å². The molecule has 2 aromatic rings. The number of methoxy groups -OCH3 is 3. The number of nitrogens with one attached hydrogen (secondary N) is 2. The standard InChI is InChI=1S/C23H32N2O4/c1-16(2)19(25-18-9-7-6-8-10-18)15-24-21(26)14-12-17-11-13-20(27-3)23(29-5)22(17)28-4/h6-11,13,16,19,25H,12,14-15H2,1-5H3,(H,24,26). The molecule has 2 rings (SSSR count). The molecule has 2 N–H and O–H groups in total. The van der Waals surface area contributed by atoms with E-state index in [-0.39, 0.29) is 11.9 Å². The summed E-state index contributed by atoms with van der Waals surface area (Å²) in [7, 11) is 4.74. The summed E-state index contributed by atoms with van der Waals surface area (Å²) in [6.45, 7) is 4.84. The third-order valence-corrected chi connectivity index (χ3v) is 4.86. The van der Waals surface area contributed by atoms with Crippen LogP contribution in [0.25, 0.3) is 0 Å². The van der Waals surface area contributed by atoms with Gasteiger partial charge in [-0.05, 0) is 36.1 Å². The van der Waals surface area contributed by atoms with Crippen molar-refractivity contribution in [3.63, 3.8) is 0 Å². The molecule has 1 atom stereocenters. The first kappa shape index (κ1) is 22.4. The molecule has 0 saturated carbocycles. The van der Waals surface area contributed by atoms with Crippen molar-refractivity contribution < 1.29 is 19.0 Å². The van der Waals surface area contributed by atoms with Crippen LogP contribution >= 0.6 is 0 Å². The molecule has 0 aliphatic rings. The number of amides is 1. The molecule has 0 bridgehead atoms. The number of hydrogen-bond acceptors (Lipinski definition) is 5. The second-order valence-corrected chi connectivity index (χ2v) is 7.16. The summed E-state index contributed by atoms with van der Waals surface area (Å²) in [5.74, 6) is 2.12. The molecule has 0 radical (unpaired) electrons. The van der Waals surface area contributed by atoms with Crippen LogP contribution in [0.4, 0.5) is 5.69 Å². The molecule has 6 heteroatoms. The molecule has 0 aliphatic heterocycles. The minimum Gasteiger partial charge on any atom is -0.493 e. The highest BCUT2D eigenvalue weighted by atomic mass is 16.5. The van der Waals surface area contributed by atoms with Gasteiger partial charge in [0.25, 0.3) is 0 Å². The van der Waals surface area contributed by atoms with Crippen LogP contribution in [-0.2, 0) is 11.2 Å². The number of hydrogen-bond donors (Lipinski definition) is 2. The first-order valence-corrected chi connectivity index (χ1v) is 9.86. The summed E-state index contributed by atoms with van der Waals surface area (Å²) >= 11 is 0. The van der Waals surface area contributed by atoms with E-state index in [9.17, 15) is 4.79 Å². The number of carbonyl (C=O) groups is 1. The molecule has 0 aromatic heterocycles. The molecule has 6 nitrogen and oxygen atoms in total. The molecular weight excluding hydrogens is 368 g/mol.